The molecule has 2 aromatic rings. The summed E-state index contributed by atoms with van der Waals surface area (Å²) in [5.74, 6) is 2.06. The summed E-state index contributed by atoms with van der Waals surface area (Å²) < 4.78 is 7.89. The van der Waals surface area contributed by atoms with E-state index in [2.05, 4.69) is 29.1 Å². The number of hydrogen-bond donors (Lipinski definition) is 1. The largest absolute Gasteiger partial charge is 0.465 e. The first-order valence-corrected chi connectivity index (χ1v) is 8.74. The topological polar surface area (TPSA) is 57.7 Å². The standard InChI is InChI=1S/C18H28N4O2/c1-4-15-6-7-16(24-15)12-21-8-5-9-22-14(11-21)10-17(19-22)18(23)13-20(2)3/h6-7,10,18,23H,4-5,8-9,11-13H2,1-3H3/t18-/m1/s1. The third-order valence-electron chi connectivity index (χ3n) is 4.44. The summed E-state index contributed by atoms with van der Waals surface area (Å²) in [6.45, 7) is 6.28. The molecule has 6 heteroatoms. The molecule has 24 heavy (non-hydrogen) atoms. The highest BCUT2D eigenvalue weighted by molar-refractivity contribution is 5.14. The Morgan fingerprint density at radius 3 is 2.79 bits per heavy atom. The Morgan fingerprint density at radius 2 is 2.08 bits per heavy atom. The van der Waals surface area contributed by atoms with Gasteiger partial charge >= 0.3 is 0 Å². The number of aliphatic hydroxyl groups is 1. The Labute approximate surface area is 143 Å². The van der Waals surface area contributed by atoms with Gasteiger partial charge in [0.1, 0.15) is 17.6 Å². The van der Waals surface area contributed by atoms with Crippen molar-refractivity contribution in [1.29, 1.82) is 0 Å². The third-order valence-corrected chi connectivity index (χ3v) is 4.44. The molecule has 132 valence electrons. The van der Waals surface area contributed by atoms with Gasteiger partial charge in [0.2, 0.25) is 0 Å². The molecule has 0 aromatic carbocycles. The van der Waals surface area contributed by atoms with Crippen molar-refractivity contribution in [2.75, 3.05) is 27.2 Å². The van der Waals surface area contributed by atoms with E-state index in [-0.39, 0.29) is 0 Å². The summed E-state index contributed by atoms with van der Waals surface area (Å²) >= 11 is 0. The van der Waals surface area contributed by atoms with Gasteiger partial charge in [-0.05, 0) is 38.7 Å². The number of furan rings is 1. The van der Waals surface area contributed by atoms with E-state index >= 15 is 0 Å². The van der Waals surface area contributed by atoms with Crippen LogP contribution in [-0.2, 0) is 26.1 Å². The number of rotatable bonds is 6. The van der Waals surface area contributed by atoms with Gasteiger partial charge in [-0.1, -0.05) is 6.92 Å². The average molecular weight is 332 g/mol. The van der Waals surface area contributed by atoms with Crippen molar-refractivity contribution in [2.45, 2.75) is 45.5 Å². The van der Waals surface area contributed by atoms with E-state index in [9.17, 15) is 5.11 Å². The van der Waals surface area contributed by atoms with Crippen LogP contribution < -0.4 is 0 Å². The van der Waals surface area contributed by atoms with Crippen LogP contribution in [-0.4, -0.2) is 51.9 Å². The van der Waals surface area contributed by atoms with E-state index < -0.39 is 6.10 Å². The molecule has 0 amide bonds. The monoisotopic (exact) mass is 332 g/mol. The molecule has 3 rings (SSSR count). The van der Waals surface area contributed by atoms with Crippen LogP contribution in [0.3, 0.4) is 0 Å². The summed E-state index contributed by atoms with van der Waals surface area (Å²) in [7, 11) is 3.92. The van der Waals surface area contributed by atoms with Crippen LogP contribution in [0.25, 0.3) is 0 Å². The molecule has 0 saturated carbocycles. The smallest absolute Gasteiger partial charge is 0.118 e. The molecule has 1 N–H and O–H groups in total. The van der Waals surface area contributed by atoms with Crippen LogP contribution >= 0.6 is 0 Å². The van der Waals surface area contributed by atoms with Gasteiger partial charge in [-0.3, -0.25) is 9.58 Å². The van der Waals surface area contributed by atoms with Gasteiger partial charge in [0.15, 0.2) is 0 Å². The minimum Gasteiger partial charge on any atom is -0.465 e. The third kappa shape index (κ3) is 4.06. The van der Waals surface area contributed by atoms with Gasteiger partial charge in [0.25, 0.3) is 0 Å². The minimum atomic E-state index is -0.537. The number of likely N-dealkylation sites (N-methyl/N-ethyl adjacent to an activating group) is 1. The Balaban J connectivity index is 1.69. The molecule has 2 aromatic heterocycles. The number of fused-ring (bicyclic) bond motifs is 1. The average Bonchev–Trinajstić information content (AvgIpc) is 3.10. The number of aryl methyl sites for hydroxylation is 2. The van der Waals surface area contributed by atoms with Crippen molar-refractivity contribution >= 4 is 0 Å². The zero-order valence-electron chi connectivity index (χ0n) is 14.9. The van der Waals surface area contributed by atoms with E-state index in [0.29, 0.717) is 6.54 Å². The van der Waals surface area contributed by atoms with Gasteiger partial charge in [0, 0.05) is 32.6 Å². The Morgan fingerprint density at radius 1 is 1.29 bits per heavy atom. The molecule has 6 nitrogen and oxygen atoms in total. The molecule has 1 aliphatic heterocycles. The molecule has 0 spiro atoms. The van der Waals surface area contributed by atoms with E-state index in [1.54, 1.807) is 0 Å². The molecule has 0 radical (unpaired) electrons. The maximum Gasteiger partial charge on any atom is 0.118 e. The number of aromatic nitrogens is 2. The fourth-order valence-corrected chi connectivity index (χ4v) is 3.21. The van der Waals surface area contributed by atoms with Crippen molar-refractivity contribution in [3.63, 3.8) is 0 Å². The first-order valence-electron chi connectivity index (χ1n) is 8.74. The van der Waals surface area contributed by atoms with Crippen molar-refractivity contribution in [3.05, 3.63) is 41.1 Å². The van der Waals surface area contributed by atoms with Crippen molar-refractivity contribution < 1.29 is 9.52 Å². The minimum absolute atomic E-state index is 0.537. The lowest BCUT2D eigenvalue weighted by Crippen LogP contribution is -2.22. The second kappa shape index (κ2) is 7.51. The highest BCUT2D eigenvalue weighted by Crippen LogP contribution is 2.20. The zero-order valence-corrected chi connectivity index (χ0v) is 14.9. The Hall–Kier alpha value is -1.63. The van der Waals surface area contributed by atoms with Gasteiger partial charge < -0.3 is 14.4 Å². The first-order chi connectivity index (χ1) is 11.5. The summed E-state index contributed by atoms with van der Waals surface area (Å²) in [6.07, 6.45) is 1.45. The highest BCUT2D eigenvalue weighted by atomic mass is 16.3. The molecular weight excluding hydrogens is 304 g/mol. The number of nitrogens with zero attached hydrogens (tertiary/aromatic N) is 4. The van der Waals surface area contributed by atoms with E-state index in [1.807, 2.05) is 29.7 Å². The van der Waals surface area contributed by atoms with Crippen LogP contribution in [0, 0.1) is 0 Å². The lowest BCUT2D eigenvalue weighted by Gasteiger charge is -2.18. The normalized spacial score (nSPS) is 17.0. The fraction of sp³-hybridized carbons (Fsp3) is 0.611. The lowest BCUT2D eigenvalue weighted by atomic mass is 10.2. The SMILES string of the molecule is CCc1ccc(CN2CCCn3nc([C@H](O)CN(C)C)cc3C2)o1. The van der Waals surface area contributed by atoms with Crippen LogP contribution in [0.1, 0.15) is 42.4 Å². The highest BCUT2D eigenvalue weighted by Gasteiger charge is 2.20. The molecule has 1 atom stereocenters. The molecule has 0 saturated heterocycles. The maximum absolute atomic E-state index is 10.3. The van der Waals surface area contributed by atoms with Crippen LogP contribution in [0.2, 0.25) is 0 Å². The quantitative estimate of drug-likeness (QED) is 0.877. The summed E-state index contributed by atoms with van der Waals surface area (Å²) in [5.41, 5.74) is 1.94. The molecule has 0 aliphatic carbocycles. The van der Waals surface area contributed by atoms with E-state index in [4.69, 9.17) is 4.42 Å². The number of aliphatic hydroxyl groups excluding tert-OH is 1. The fourth-order valence-electron chi connectivity index (χ4n) is 3.21. The molecule has 3 heterocycles. The van der Waals surface area contributed by atoms with Crippen molar-refractivity contribution in [1.82, 2.24) is 19.6 Å². The Kier molecular flexibility index (Phi) is 5.38. The maximum atomic E-state index is 10.3. The second-order valence-electron chi connectivity index (χ2n) is 6.85. The summed E-state index contributed by atoms with van der Waals surface area (Å²) in [6, 6.07) is 6.19. The van der Waals surface area contributed by atoms with Crippen molar-refractivity contribution in [2.24, 2.45) is 0 Å². The van der Waals surface area contributed by atoms with Crippen LogP contribution in [0.15, 0.2) is 22.6 Å². The van der Waals surface area contributed by atoms with Crippen LogP contribution in [0.4, 0.5) is 0 Å². The molecule has 0 fully saturated rings. The molecule has 0 bridgehead atoms. The zero-order chi connectivity index (χ0) is 17.1. The molecule has 1 aliphatic rings. The molecule has 0 unspecified atom stereocenters. The van der Waals surface area contributed by atoms with E-state index in [1.165, 1.54) is 5.69 Å². The summed E-state index contributed by atoms with van der Waals surface area (Å²) in [5, 5.41) is 14.9. The first kappa shape index (κ1) is 17.2. The van der Waals surface area contributed by atoms with Gasteiger partial charge in [-0.15, -0.1) is 0 Å². The predicted molar refractivity (Wildman–Crippen MR) is 92.6 cm³/mol. The predicted octanol–water partition coefficient (Wildman–Crippen LogP) is 2.04. The number of hydrogen-bond acceptors (Lipinski definition) is 5. The molecular formula is C18H28N4O2. The Bertz CT molecular complexity index is 662. The van der Waals surface area contributed by atoms with Gasteiger partial charge in [-0.25, -0.2) is 0 Å². The van der Waals surface area contributed by atoms with E-state index in [0.717, 1.165) is 56.2 Å². The van der Waals surface area contributed by atoms with Gasteiger partial charge in [-0.2, -0.15) is 5.10 Å². The second-order valence-corrected chi connectivity index (χ2v) is 6.85. The van der Waals surface area contributed by atoms with Crippen molar-refractivity contribution in [3.8, 4) is 0 Å². The summed E-state index contributed by atoms with van der Waals surface area (Å²) in [4.78, 5) is 4.37. The lowest BCUT2D eigenvalue weighted by molar-refractivity contribution is 0.133. The van der Waals surface area contributed by atoms with Gasteiger partial charge in [0.05, 0.1) is 17.9 Å². The van der Waals surface area contributed by atoms with Crippen LogP contribution in [0.5, 0.6) is 0 Å².